The second-order valence-electron chi connectivity index (χ2n) is 5.45. The van der Waals surface area contributed by atoms with E-state index in [0.717, 1.165) is 12.1 Å². The molecule has 0 fully saturated rings. The van der Waals surface area contributed by atoms with E-state index in [0.29, 0.717) is 17.3 Å². The molecule has 0 unspecified atom stereocenters. The molecule has 1 N–H and O–H groups in total. The molecule has 0 spiro atoms. The molecule has 1 amide bonds. The summed E-state index contributed by atoms with van der Waals surface area (Å²) in [6, 6.07) is 8.94. The standard InChI is InChI=1S/C17H19N5O2/c1-3-12(2)24-16-10-13(7-8-18-16)17(23)19-11-15-21-20-14-6-4-5-9-22(14)15/h4-10,12H,3,11H2,1-2H3,(H,19,23)/t12-/m1/s1. The fourth-order valence-corrected chi connectivity index (χ4v) is 2.18. The summed E-state index contributed by atoms with van der Waals surface area (Å²) in [6.45, 7) is 4.28. The lowest BCUT2D eigenvalue weighted by atomic mass is 10.2. The number of hydrogen-bond donors (Lipinski definition) is 1. The highest BCUT2D eigenvalue weighted by Gasteiger charge is 2.11. The first-order valence-corrected chi connectivity index (χ1v) is 7.87. The van der Waals surface area contributed by atoms with Gasteiger partial charge in [-0.2, -0.15) is 0 Å². The SMILES string of the molecule is CC[C@@H](C)Oc1cc(C(=O)NCc2nnc3ccccn23)ccn1. The molecule has 124 valence electrons. The van der Waals surface area contributed by atoms with Gasteiger partial charge in [-0.25, -0.2) is 4.98 Å². The quantitative estimate of drug-likeness (QED) is 0.751. The minimum atomic E-state index is -0.209. The second kappa shape index (κ2) is 7.08. The van der Waals surface area contributed by atoms with Gasteiger partial charge in [-0.15, -0.1) is 10.2 Å². The highest BCUT2D eigenvalue weighted by molar-refractivity contribution is 5.94. The number of rotatable bonds is 6. The number of fused-ring (bicyclic) bond motifs is 1. The van der Waals surface area contributed by atoms with Crippen LogP contribution in [0.5, 0.6) is 5.88 Å². The van der Waals surface area contributed by atoms with Gasteiger partial charge in [0.1, 0.15) is 0 Å². The zero-order valence-corrected chi connectivity index (χ0v) is 13.6. The van der Waals surface area contributed by atoms with Crippen molar-refractivity contribution in [1.82, 2.24) is 24.9 Å². The van der Waals surface area contributed by atoms with Gasteiger partial charge in [0.15, 0.2) is 11.5 Å². The Morgan fingerprint density at radius 1 is 1.33 bits per heavy atom. The lowest BCUT2D eigenvalue weighted by Gasteiger charge is -2.12. The summed E-state index contributed by atoms with van der Waals surface area (Å²) in [5.74, 6) is 0.910. The van der Waals surface area contributed by atoms with E-state index >= 15 is 0 Å². The first kappa shape index (κ1) is 15.9. The van der Waals surface area contributed by atoms with Crippen LogP contribution in [0.25, 0.3) is 5.65 Å². The van der Waals surface area contributed by atoms with Crippen molar-refractivity contribution in [3.05, 3.63) is 54.1 Å². The molecule has 0 aliphatic heterocycles. The number of carbonyl (C=O) groups is 1. The molecule has 3 rings (SSSR count). The number of ether oxygens (including phenoxy) is 1. The van der Waals surface area contributed by atoms with Crippen molar-refractivity contribution in [3.63, 3.8) is 0 Å². The van der Waals surface area contributed by atoms with Gasteiger partial charge in [0, 0.05) is 24.0 Å². The number of hydrogen-bond acceptors (Lipinski definition) is 5. The Bertz CT molecular complexity index is 846. The van der Waals surface area contributed by atoms with Crippen molar-refractivity contribution in [2.45, 2.75) is 32.9 Å². The van der Waals surface area contributed by atoms with Gasteiger partial charge in [0.2, 0.25) is 5.88 Å². The Hall–Kier alpha value is -2.96. The molecule has 3 heterocycles. The predicted molar refractivity (Wildman–Crippen MR) is 88.8 cm³/mol. The normalized spacial score (nSPS) is 12.1. The number of nitrogens with one attached hydrogen (secondary N) is 1. The highest BCUT2D eigenvalue weighted by Crippen LogP contribution is 2.12. The molecule has 0 radical (unpaired) electrons. The number of aromatic nitrogens is 4. The zero-order valence-electron chi connectivity index (χ0n) is 13.6. The van der Waals surface area contributed by atoms with Crippen LogP contribution in [-0.2, 0) is 6.54 Å². The Balaban J connectivity index is 1.68. The van der Waals surface area contributed by atoms with Crippen LogP contribution in [0.4, 0.5) is 0 Å². The molecule has 0 aliphatic carbocycles. The van der Waals surface area contributed by atoms with Gasteiger partial charge < -0.3 is 10.1 Å². The summed E-state index contributed by atoms with van der Waals surface area (Å²) in [7, 11) is 0. The molecule has 1 atom stereocenters. The van der Waals surface area contributed by atoms with Crippen LogP contribution in [0.2, 0.25) is 0 Å². The van der Waals surface area contributed by atoms with Crippen LogP contribution < -0.4 is 10.1 Å². The topological polar surface area (TPSA) is 81.4 Å². The Kier molecular flexibility index (Phi) is 4.69. The predicted octanol–water partition coefficient (Wildman–Crippen LogP) is 2.23. The highest BCUT2D eigenvalue weighted by atomic mass is 16.5. The maximum absolute atomic E-state index is 12.3. The summed E-state index contributed by atoms with van der Waals surface area (Å²) < 4.78 is 7.48. The van der Waals surface area contributed by atoms with Crippen molar-refractivity contribution in [2.75, 3.05) is 0 Å². The van der Waals surface area contributed by atoms with Gasteiger partial charge in [-0.05, 0) is 31.5 Å². The third-order valence-corrected chi connectivity index (χ3v) is 3.69. The van der Waals surface area contributed by atoms with Crippen LogP contribution in [-0.4, -0.2) is 31.6 Å². The maximum Gasteiger partial charge on any atom is 0.251 e. The van der Waals surface area contributed by atoms with Crippen LogP contribution >= 0.6 is 0 Å². The van der Waals surface area contributed by atoms with Crippen LogP contribution in [0.15, 0.2) is 42.7 Å². The first-order valence-electron chi connectivity index (χ1n) is 7.87. The molecule has 0 aromatic carbocycles. The molecule has 0 saturated heterocycles. The van der Waals surface area contributed by atoms with Crippen LogP contribution in [0.1, 0.15) is 36.5 Å². The zero-order chi connectivity index (χ0) is 16.9. The molecule has 0 aliphatic rings. The van der Waals surface area contributed by atoms with E-state index in [1.807, 2.05) is 42.6 Å². The molecule has 24 heavy (non-hydrogen) atoms. The fourth-order valence-electron chi connectivity index (χ4n) is 2.18. The Morgan fingerprint density at radius 3 is 3.04 bits per heavy atom. The van der Waals surface area contributed by atoms with E-state index in [2.05, 4.69) is 20.5 Å². The third kappa shape index (κ3) is 3.51. The van der Waals surface area contributed by atoms with Crippen LogP contribution in [0, 0.1) is 0 Å². The minimum Gasteiger partial charge on any atom is -0.475 e. The molecule has 3 aromatic heterocycles. The van der Waals surface area contributed by atoms with E-state index in [-0.39, 0.29) is 18.6 Å². The van der Waals surface area contributed by atoms with Gasteiger partial charge in [0.05, 0.1) is 12.6 Å². The number of nitrogens with zero attached hydrogens (tertiary/aromatic N) is 4. The lowest BCUT2D eigenvalue weighted by molar-refractivity contribution is 0.0948. The molecular formula is C17H19N5O2. The molecule has 0 saturated carbocycles. The summed E-state index contributed by atoms with van der Waals surface area (Å²) in [6.07, 6.45) is 4.36. The van der Waals surface area contributed by atoms with E-state index in [1.165, 1.54) is 0 Å². The molecular weight excluding hydrogens is 306 g/mol. The average molecular weight is 325 g/mol. The third-order valence-electron chi connectivity index (χ3n) is 3.69. The maximum atomic E-state index is 12.3. The number of amides is 1. The van der Waals surface area contributed by atoms with Gasteiger partial charge in [0.25, 0.3) is 5.91 Å². The summed E-state index contributed by atoms with van der Waals surface area (Å²) in [4.78, 5) is 16.5. The number of pyridine rings is 2. The lowest BCUT2D eigenvalue weighted by Crippen LogP contribution is -2.24. The van der Waals surface area contributed by atoms with Gasteiger partial charge >= 0.3 is 0 Å². The molecule has 7 heteroatoms. The fraction of sp³-hybridized carbons (Fsp3) is 0.294. The van der Waals surface area contributed by atoms with Gasteiger partial charge in [-0.1, -0.05) is 13.0 Å². The second-order valence-corrected chi connectivity index (χ2v) is 5.45. The van der Waals surface area contributed by atoms with Crippen molar-refractivity contribution in [2.24, 2.45) is 0 Å². The van der Waals surface area contributed by atoms with Crippen molar-refractivity contribution < 1.29 is 9.53 Å². The van der Waals surface area contributed by atoms with E-state index in [4.69, 9.17) is 4.74 Å². The van der Waals surface area contributed by atoms with Crippen molar-refractivity contribution in [3.8, 4) is 5.88 Å². The van der Waals surface area contributed by atoms with Crippen molar-refractivity contribution in [1.29, 1.82) is 0 Å². The minimum absolute atomic E-state index is 0.0539. The summed E-state index contributed by atoms with van der Waals surface area (Å²) in [5.41, 5.74) is 1.24. The Labute approximate surface area is 139 Å². The summed E-state index contributed by atoms with van der Waals surface area (Å²) >= 11 is 0. The molecule has 7 nitrogen and oxygen atoms in total. The first-order chi connectivity index (χ1) is 11.7. The van der Waals surface area contributed by atoms with Gasteiger partial charge in [-0.3, -0.25) is 9.20 Å². The van der Waals surface area contributed by atoms with E-state index < -0.39 is 0 Å². The van der Waals surface area contributed by atoms with Crippen LogP contribution in [0.3, 0.4) is 0 Å². The number of carbonyl (C=O) groups excluding carboxylic acids is 1. The Morgan fingerprint density at radius 2 is 2.21 bits per heavy atom. The smallest absolute Gasteiger partial charge is 0.251 e. The van der Waals surface area contributed by atoms with E-state index in [1.54, 1.807) is 18.3 Å². The van der Waals surface area contributed by atoms with Crippen molar-refractivity contribution >= 4 is 11.6 Å². The average Bonchev–Trinajstić information content (AvgIpc) is 3.03. The molecule has 0 bridgehead atoms. The molecule has 3 aromatic rings. The monoisotopic (exact) mass is 325 g/mol. The van der Waals surface area contributed by atoms with E-state index in [9.17, 15) is 4.79 Å². The largest absolute Gasteiger partial charge is 0.475 e. The summed E-state index contributed by atoms with van der Waals surface area (Å²) in [5, 5.41) is 11.0.